The normalized spacial score (nSPS) is 23.6. The van der Waals surface area contributed by atoms with Gasteiger partial charge in [0, 0.05) is 0 Å². The van der Waals surface area contributed by atoms with E-state index in [9.17, 15) is 0 Å². The van der Waals surface area contributed by atoms with Gasteiger partial charge >= 0.3 is 246 Å². The molecule has 1 heterocycles. The summed E-state index contributed by atoms with van der Waals surface area (Å²) < 4.78 is 6.77. The third kappa shape index (κ3) is 3.73. The van der Waals surface area contributed by atoms with E-state index < -0.39 is 20.0 Å². The Morgan fingerprint density at radius 1 is 0.625 bits per heavy atom. The zero-order valence-electron chi connectivity index (χ0n) is 24.8. The molecule has 0 nitrogen and oxygen atoms in total. The second-order valence-corrected chi connectivity index (χ2v) is 30.6. The maximum absolute atomic E-state index is 3.03. The molecule has 0 radical (unpaired) electrons. The molecule has 4 aromatic rings. The molecule has 0 spiro atoms. The van der Waals surface area contributed by atoms with Gasteiger partial charge in [-0.25, -0.2) is 0 Å². The fourth-order valence-corrected chi connectivity index (χ4v) is 25.9. The predicted octanol–water partition coefficient (Wildman–Crippen LogP) is 11.3. The van der Waals surface area contributed by atoms with Gasteiger partial charge in [0.05, 0.1) is 0 Å². The van der Waals surface area contributed by atoms with Gasteiger partial charge in [0.2, 0.25) is 0 Å². The van der Waals surface area contributed by atoms with Crippen LogP contribution in [0.3, 0.4) is 0 Å². The summed E-state index contributed by atoms with van der Waals surface area (Å²) in [6, 6.07) is 32.6. The number of aryl methyl sites for hydroxylation is 2. The molecule has 0 saturated carbocycles. The van der Waals surface area contributed by atoms with E-state index in [0.29, 0.717) is 7.35 Å². The fraction of sp³-hybridized carbons (Fsp3) is 0.282. The van der Waals surface area contributed by atoms with Crippen LogP contribution in [0.2, 0.25) is 9.36 Å². The Morgan fingerprint density at radius 3 is 1.45 bits per heavy atom. The summed E-state index contributed by atoms with van der Waals surface area (Å²) in [4.78, 5) is 0. The summed E-state index contributed by atoms with van der Waals surface area (Å²) >= 11 is -3.03. The zero-order chi connectivity index (χ0) is 27.8. The molecule has 1 saturated heterocycles. The van der Waals surface area contributed by atoms with Gasteiger partial charge in [0.25, 0.3) is 0 Å². The number of hydrogen-bond donors (Lipinski definition) is 0. The molecule has 0 amide bonds. The van der Waals surface area contributed by atoms with Crippen LogP contribution in [0.1, 0.15) is 67.4 Å². The number of hydrogen-bond acceptors (Lipinski definition) is 0. The number of fused-ring (bicyclic) bond motifs is 6. The average molecular weight is 687 g/mol. The van der Waals surface area contributed by atoms with Crippen LogP contribution < -0.4 is 0 Å². The van der Waals surface area contributed by atoms with Crippen LogP contribution in [0.15, 0.2) is 96.1 Å². The summed E-state index contributed by atoms with van der Waals surface area (Å²) in [6.45, 7) is 9.32. The van der Waals surface area contributed by atoms with Gasteiger partial charge < -0.3 is 0 Å². The Hall–Kier alpha value is -2.77. The molecule has 2 unspecified atom stereocenters. The van der Waals surface area contributed by atoms with Gasteiger partial charge in [-0.15, -0.1) is 0 Å². The third-order valence-corrected chi connectivity index (χ3v) is 25.5. The second-order valence-electron chi connectivity index (χ2n) is 13.3. The third-order valence-electron chi connectivity index (χ3n) is 10.4. The number of rotatable bonds is 4. The van der Waals surface area contributed by atoms with E-state index in [1.807, 2.05) is 0 Å². The summed E-state index contributed by atoms with van der Waals surface area (Å²) in [5.41, 5.74) is 17.9. The van der Waals surface area contributed by atoms with Crippen LogP contribution in [-0.2, 0) is 20.0 Å². The number of allylic oxidation sites excluding steroid dienone is 2. The summed E-state index contributed by atoms with van der Waals surface area (Å²) in [7, 11) is 0. The molecular formula is C39H40Hf. The fourth-order valence-electron chi connectivity index (χ4n) is 8.46. The monoisotopic (exact) mass is 688 g/mol. The second kappa shape index (κ2) is 9.38. The number of benzene rings is 4. The first-order valence-corrected chi connectivity index (χ1v) is 26.4. The van der Waals surface area contributed by atoms with Gasteiger partial charge in [-0.1, -0.05) is 0 Å². The van der Waals surface area contributed by atoms with E-state index in [2.05, 4.69) is 134 Å². The van der Waals surface area contributed by atoms with Crippen LogP contribution >= 0.6 is 0 Å². The Balaban J connectivity index is 1.45. The summed E-state index contributed by atoms with van der Waals surface area (Å²) in [6.07, 6.45) is 7.73. The molecule has 7 rings (SSSR count). The first-order chi connectivity index (χ1) is 19.2. The van der Waals surface area contributed by atoms with Gasteiger partial charge in [0.15, 0.2) is 0 Å². The molecule has 1 heteroatoms. The molecule has 2 atom stereocenters. The topological polar surface area (TPSA) is 0 Å². The van der Waals surface area contributed by atoms with Crippen molar-refractivity contribution in [2.45, 2.75) is 57.2 Å². The quantitative estimate of drug-likeness (QED) is 0.187. The first kappa shape index (κ1) is 26.1. The van der Waals surface area contributed by atoms with E-state index in [0.717, 1.165) is 0 Å². The Labute approximate surface area is 245 Å². The van der Waals surface area contributed by atoms with Crippen molar-refractivity contribution in [2.75, 3.05) is 0 Å². The van der Waals surface area contributed by atoms with Gasteiger partial charge in [0.1, 0.15) is 0 Å². The van der Waals surface area contributed by atoms with Crippen LogP contribution in [0.4, 0.5) is 0 Å². The van der Waals surface area contributed by atoms with Crippen LogP contribution in [-0.4, -0.2) is 0 Å². The van der Waals surface area contributed by atoms with Gasteiger partial charge in [-0.05, 0) is 0 Å². The Bertz CT molecular complexity index is 1570. The Morgan fingerprint density at radius 2 is 1.05 bits per heavy atom. The van der Waals surface area contributed by atoms with E-state index >= 15 is 0 Å². The molecule has 4 aromatic carbocycles. The van der Waals surface area contributed by atoms with Crippen LogP contribution in [0.5, 0.6) is 0 Å². The van der Waals surface area contributed by atoms with Gasteiger partial charge in [-0.2, -0.15) is 0 Å². The van der Waals surface area contributed by atoms with Crippen molar-refractivity contribution in [1.82, 2.24) is 0 Å². The average Bonchev–Trinajstić information content (AvgIpc) is 3.55. The van der Waals surface area contributed by atoms with Crippen LogP contribution in [0.25, 0.3) is 34.4 Å². The van der Waals surface area contributed by atoms with Crippen molar-refractivity contribution in [3.63, 3.8) is 0 Å². The molecule has 0 bridgehead atoms. The molecule has 200 valence electrons. The van der Waals surface area contributed by atoms with Crippen molar-refractivity contribution < 1.29 is 20.0 Å². The minimum atomic E-state index is -3.03. The standard InChI is InChI=1S/C37H34.2CH3.Hf/c1-5-20-37(4,31-21-29-8-6-10-33(35(29)23-31)27-16-12-25(2)13-17-27)32-22-30-9-7-11-34(36(30)24-32)28-18-14-26(3)15-19-28;;;/h6-19,21-24H,5,20H2,1-4H3;2*1H3;. The first-order valence-electron chi connectivity index (χ1n) is 15.1. The zero-order valence-corrected chi connectivity index (χ0v) is 28.4. The molecule has 40 heavy (non-hydrogen) atoms. The van der Waals surface area contributed by atoms with E-state index in [1.165, 1.54) is 57.3 Å². The van der Waals surface area contributed by atoms with Gasteiger partial charge in [-0.3, -0.25) is 0 Å². The molecule has 1 aliphatic heterocycles. The van der Waals surface area contributed by atoms with Crippen molar-refractivity contribution in [3.05, 3.63) is 129 Å². The minimum absolute atomic E-state index is 0.0900. The van der Waals surface area contributed by atoms with E-state index in [-0.39, 0.29) is 5.41 Å². The van der Waals surface area contributed by atoms with Crippen LogP contribution in [0, 0.1) is 19.3 Å². The summed E-state index contributed by atoms with van der Waals surface area (Å²) in [5.74, 6) is 0. The van der Waals surface area contributed by atoms with E-state index in [1.54, 1.807) is 22.3 Å². The molecule has 3 aliphatic rings. The van der Waals surface area contributed by atoms with Crippen molar-refractivity contribution >= 4 is 12.2 Å². The molecular weight excluding hydrogens is 647 g/mol. The molecule has 2 aliphatic carbocycles. The van der Waals surface area contributed by atoms with Crippen molar-refractivity contribution in [1.29, 1.82) is 0 Å². The predicted molar refractivity (Wildman–Crippen MR) is 169 cm³/mol. The molecule has 0 N–H and O–H groups in total. The maximum atomic E-state index is 2.76. The molecule has 0 aromatic heterocycles. The van der Waals surface area contributed by atoms with Crippen molar-refractivity contribution in [2.24, 2.45) is 5.41 Å². The molecule has 1 fully saturated rings. The van der Waals surface area contributed by atoms with Crippen molar-refractivity contribution in [3.8, 4) is 22.3 Å². The SMILES string of the molecule is CCCC1(C)C2=Cc3c(-c4ccc(C)cc4)cccc3[CH]2[Hf]([CH3])([CH3])[CH]2C1=Cc1c(-c3ccc(C)cc3)cccc12. The Kier molecular flexibility index (Phi) is 6.13. The van der Waals surface area contributed by atoms with E-state index in [4.69, 9.17) is 0 Å². The summed E-state index contributed by atoms with van der Waals surface area (Å²) in [5, 5.41) is 0.